The molecule has 7 heteroatoms. The smallest absolute Gasteiger partial charge is 0.238 e. The van der Waals surface area contributed by atoms with Crippen LogP contribution in [0.5, 0.6) is 0 Å². The molecule has 1 aliphatic carbocycles. The molecule has 1 saturated carbocycles. The van der Waals surface area contributed by atoms with Gasteiger partial charge in [-0.25, -0.2) is 0 Å². The van der Waals surface area contributed by atoms with Gasteiger partial charge in [-0.2, -0.15) is 0 Å². The van der Waals surface area contributed by atoms with Crippen molar-refractivity contribution in [1.29, 1.82) is 0 Å². The lowest BCUT2D eigenvalue weighted by atomic mass is 10.2. The van der Waals surface area contributed by atoms with Crippen LogP contribution in [0.1, 0.15) is 33.6 Å². The largest absolute Gasteiger partial charge is 0.352 e. The van der Waals surface area contributed by atoms with Crippen LogP contribution in [0.15, 0.2) is 24.3 Å². The van der Waals surface area contributed by atoms with Gasteiger partial charge in [-0.15, -0.1) is 0 Å². The van der Waals surface area contributed by atoms with E-state index in [1.54, 1.807) is 24.3 Å². The fourth-order valence-corrected chi connectivity index (χ4v) is 2.46. The van der Waals surface area contributed by atoms with Gasteiger partial charge in [0, 0.05) is 24.3 Å². The molecule has 25 heavy (non-hydrogen) atoms. The average Bonchev–Trinajstić information content (AvgIpc) is 3.37. The lowest BCUT2D eigenvalue weighted by Gasteiger charge is -2.26. The summed E-state index contributed by atoms with van der Waals surface area (Å²) in [5, 5.41) is 8.45. The summed E-state index contributed by atoms with van der Waals surface area (Å²) in [6, 6.07) is 6.86. The van der Waals surface area contributed by atoms with Crippen molar-refractivity contribution in [3.63, 3.8) is 0 Å². The van der Waals surface area contributed by atoms with Gasteiger partial charge in [-0.05, 0) is 50.6 Å². The Kier molecular flexibility index (Phi) is 6.52. The van der Waals surface area contributed by atoms with Gasteiger partial charge in [0.05, 0.1) is 12.6 Å². The highest BCUT2D eigenvalue weighted by Crippen LogP contribution is 2.19. The maximum atomic E-state index is 12.3. The lowest BCUT2D eigenvalue weighted by Crippen LogP contribution is -2.48. The van der Waals surface area contributed by atoms with Crippen LogP contribution in [-0.2, 0) is 14.4 Å². The molecule has 0 aliphatic heterocycles. The maximum Gasteiger partial charge on any atom is 0.238 e. The molecule has 3 amide bonds. The van der Waals surface area contributed by atoms with E-state index < -0.39 is 0 Å². The molecule has 136 valence electrons. The normalized spacial score (nSPS) is 14.7. The molecule has 0 spiro atoms. The van der Waals surface area contributed by atoms with Crippen LogP contribution in [0.2, 0.25) is 0 Å². The topological polar surface area (TPSA) is 90.5 Å². The van der Waals surface area contributed by atoms with E-state index in [9.17, 15) is 14.4 Å². The Morgan fingerprint density at radius 3 is 2.16 bits per heavy atom. The molecule has 1 atom stereocenters. The fraction of sp³-hybridized carbons (Fsp3) is 0.500. The number of nitrogens with one attached hydrogen (secondary N) is 3. The second kappa shape index (κ2) is 8.62. The predicted octanol–water partition coefficient (Wildman–Crippen LogP) is 1.57. The summed E-state index contributed by atoms with van der Waals surface area (Å²) in [6.07, 6.45) is 2.08. The van der Waals surface area contributed by atoms with E-state index in [0.717, 1.165) is 12.8 Å². The number of benzene rings is 1. The SMILES string of the molecule is CCN(CC(=O)Nc1ccc(NC(C)=O)cc1)[C@@H](C)C(=O)NC1CC1. The minimum atomic E-state index is -0.349. The third-order valence-corrected chi connectivity index (χ3v) is 4.09. The van der Waals surface area contributed by atoms with Gasteiger partial charge in [0.15, 0.2) is 0 Å². The molecule has 0 aromatic heterocycles. The monoisotopic (exact) mass is 346 g/mol. The number of anilines is 2. The highest BCUT2D eigenvalue weighted by molar-refractivity contribution is 5.93. The van der Waals surface area contributed by atoms with Crippen molar-refractivity contribution in [2.75, 3.05) is 23.7 Å². The Labute approximate surface area is 148 Å². The lowest BCUT2D eigenvalue weighted by molar-refractivity contribution is -0.127. The van der Waals surface area contributed by atoms with E-state index in [1.165, 1.54) is 6.92 Å². The van der Waals surface area contributed by atoms with E-state index in [-0.39, 0.29) is 30.3 Å². The Morgan fingerprint density at radius 1 is 1.12 bits per heavy atom. The number of nitrogens with zero attached hydrogens (tertiary/aromatic N) is 1. The average molecular weight is 346 g/mol. The molecule has 0 saturated heterocycles. The van der Waals surface area contributed by atoms with Crippen LogP contribution in [0.25, 0.3) is 0 Å². The van der Waals surface area contributed by atoms with Crippen molar-refractivity contribution in [1.82, 2.24) is 10.2 Å². The third kappa shape index (κ3) is 6.19. The molecule has 1 aromatic rings. The highest BCUT2D eigenvalue weighted by Gasteiger charge is 2.28. The van der Waals surface area contributed by atoms with E-state index >= 15 is 0 Å². The zero-order valence-corrected chi connectivity index (χ0v) is 15.0. The Balaban J connectivity index is 1.86. The van der Waals surface area contributed by atoms with E-state index in [4.69, 9.17) is 0 Å². The van der Waals surface area contributed by atoms with E-state index in [2.05, 4.69) is 16.0 Å². The second-order valence-electron chi connectivity index (χ2n) is 6.33. The minimum absolute atomic E-state index is 0.0307. The molecule has 0 bridgehead atoms. The van der Waals surface area contributed by atoms with Crippen molar-refractivity contribution in [2.24, 2.45) is 0 Å². The number of rotatable bonds is 8. The van der Waals surface area contributed by atoms with E-state index in [0.29, 0.717) is 24.0 Å². The molecule has 0 heterocycles. The van der Waals surface area contributed by atoms with Crippen LogP contribution < -0.4 is 16.0 Å². The van der Waals surface area contributed by atoms with Crippen molar-refractivity contribution >= 4 is 29.1 Å². The molecule has 3 N–H and O–H groups in total. The molecule has 1 aromatic carbocycles. The molecule has 7 nitrogen and oxygen atoms in total. The molecular weight excluding hydrogens is 320 g/mol. The van der Waals surface area contributed by atoms with Gasteiger partial charge in [0.1, 0.15) is 0 Å². The first-order valence-electron chi connectivity index (χ1n) is 8.61. The number of likely N-dealkylation sites (N-methyl/N-ethyl adjacent to an activating group) is 1. The van der Waals surface area contributed by atoms with Gasteiger partial charge in [0.25, 0.3) is 0 Å². The maximum absolute atomic E-state index is 12.3. The standard InChI is InChI=1S/C18H26N4O3/c1-4-22(12(2)18(25)21-16-9-10-16)11-17(24)20-15-7-5-14(6-8-15)19-13(3)23/h5-8,12,16H,4,9-11H2,1-3H3,(H,19,23)(H,20,24)(H,21,25)/t12-/m0/s1. The molecule has 1 fully saturated rings. The quantitative estimate of drug-likeness (QED) is 0.666. The summed E-state index contributed by atoms with van der Waals surface area (Å²) in [5.41, 5.74) is 1.32. The number of hydrogen-bond acceptors (Lipinski definition) is 4. The Bertz CT molecular complexity index is 626. The molecule has 1 aliphatic rings. The predicted molar refractivity (Wildman–Crippen MR) is 97.2 cm³/mol. The van der Waals surface area contributed by atoms with Crippen LogP contribution >= 0.6 is 0 Å². The Hall–Kier alpha value is -2.41. The van der Waals surface area contributed by atoms with Crippen molar-refractivity contribution in [2.45, 2.75) is 45.7 Å². The summed E-state index contributed by atoms with van der Waals surface area (Å²) in [6.45, 7) is 5.93. The van der Waals surface area contributed by atoms with Gasteiger partial charge >= 0.3 is 0 Å². The number of carbonyl (C=O) groups excluding carboxylic acids is 3. The van der Waals surface area contributed by atoms with E-state index in [1.807, 2.05) is 18.7 Å². The van der Waals surface area contributed by atoms with Crippen molar-refractivity contribution in [3.05, 3.63) is 24.3 Å². The summed E-state index contributed by atoms with van der Waals surface area (Å²) in [4.78, 5) is 37.2. The van der Waals surface area contributed by atoms with Crippen LogP contribution in [-0.4, -0.2) is 47.8 Å². The number of carbonyl (C=O) groups is 3. The first-order chi connectivity index (χ1) is 11.9. The van der Waals surface area contributed by atoms with Gasteiger partial charge < -0.3 is 16.0 Å². The summed E-state index contributed by atoms with van der Waals surface area (Å²) < 4.78 is 0. The molecule has 2 rings (SSSR count). The van der Waals surface area contributed by atoms with Crippen LogP contribution in [0.3, 0.4) is 0 Å². The molecular formula is C18H26N4O3. The highest BCUT2D eigenvalue weighted by atomic mass is 16.2. The van der Waals surface area contributed by atoms with Crippen molar-refractivity contribution < 1.29 is 14.4 Å². The van der Waals surface area contributed by atoms with Gasteiger partial charge in [-0.3, -0.25) is 19.3 Å². The zero-order valence-electron chi connectivity index (χ0n) is 15.0. The fourth-order valence-electron chi connectivity index (χ4n) is 2.46. The van der Waals surface area contributed by atoms with Gasteiger partial charge in [0.2, 0.25) is 17.7 Å². The number of hydrogen-bond donors (Lipinski definition) is 3. The third-order valence-electron chi connectivity index (χ3n) is 4.09. The Morgan fingerprint density at radius 2 is 1.68 bits per heavy atom. The summed E-state index contributed by atoms with van der Waals surface area (Å²) in [5.74, 6) is -0.356. The first kappa shape index (κ1) is 18.9. The van der Waals surface area contributed by atoms with Crippen molar-refractivity contribution in [3.8, 4) is 0 Å². The molecule has 0 unspecified atom stereocenters. The summed E-state index contributed by atoms with van der Waals surface area (Å²) in [7, 11) is 0. The van der Waals surface area contributed by atoms with Crippen LogP contribution in [0, 0.1) is 0 Å². The number of amides is 3. The molecule has 0 radical (unpaired) electrons. The van der Waals surface area contributed by atoms with Crippen LogP contribution in [0.4, 0.5) is 11.4 Å². The first-order valence-corrected chi connectivity index (χ1v) is 8.61. The zero-order chi connectivity index (χ0) is 18.4. The summed E-state index contributed by atoms with van der Waals surface area (Å²) >= 11 is 0. The van der Waals surface area contributed by atoms with Gasteiger partial charge in [-0.1, -0.05) is 6.92 Å². The second-order valence-corrected chi connectivity index (χ2v) is 6.33. The minimum Gasteiger partial charge on any atom is -0.352 e.